The van der Waals surface area contributed by atoms with E-state index < -0.39 is 46.4 Å². The van der Waals surface area contributed by atoms with Crippen molar-refractivity contribution in [2.24, 2.45) is 34.1 Å². The fourth-order valence-corrected chi connectivity index (χ4v) is 5.10. The van der Waals surface area contributed by atoms with Gasteiger partial charge in [0.2, 0.25) is 11.8 Å². The Balaban J connectivity index is 2.76. The van der Waals surface area contributed by atoms with E-state index in [-0.39, 0.29) is 12.8 Å². The Morgan fingerprint density at radius 1 is 0.833 bits per heavy atom. The number of carbonyl (C=O) groups excluding carboxylic acids is 2. The Morgan fingerprint density at radius 2 is 1.42 bits per heavy atom. The molecular formula is C16H24N2O6. The normalized spacial score (nSPS) is 34.4. The Bertz CT molecular complexity index is 555. The molecule has 8 nitrogen and oxygen atoms in total. The van der Waals surface area contributed by atoms with Crippen molar-refractivity contribution in [3.63, 3.8) is 0 Å². The summed E-state index contributed by atoms with van der Waals surface area (Å²) < 4.78 is 0. The van der Waals surface area contributed by atoms with Crippen LogP contribution in [-0.2, 0) is 19.2 Å². The monoisotopic (exact) mass is 340 g/mol. The van der Waals surface area contributed by atoms with E-state index in [0.29, 0.717) is 19.3 Å². The highest BCUT2D eigenvalue weighted by Crippen LogP contribution is 2.60. The van der Waals surface area contributed by atoms with Gasteiger partial charge in [0.05, 0.1) is 11.3 Å². The molecule has 3 unspecified atom stereocenters. The van der Waals surface area contributed by atoms with Crippen molar-refractivity contribution in [1.29, 1.82) is 0 Å². The summed E-state index contributed by atoms with van der Waals surface area (Å²) >= 11 is 0. The molecule has 0 saturated heterocycles. The molecule has 2 saturated carbocycles. The van der Waals surface area contributed by atoms with E-state index in [9.17, 15) is 29.4 Å². The van der Waals surface area contributed by atoms with Gasteiger partial charge < -0.3 is 21.7 Å². The van der Waals surface area contributed by atoms with E-state index >= 15 is 0 Å². The molecule has 2 aliphatic rings. The highest BCUT2D eigenvalue weighted by molar-refractivity contribution is 6.10. The Hall–Kier alpha value is -2.12. The van der Waals surface area contributed by atoms with Crippen LogP contribution >= 0.6 is 0 Å². The number of hydrogen-bond acceptors (Lipinski definition) is 4. The second-order valence-electron chi connectivity index (χ2n) is 6.93. The molecule has 0 aromatic heterocycles. The summed E-state index contributed by atoms with van der Waals surface area (Å²) in [6.07, 6.45) is 3.97. The lowest BCUT2D eigenvalue weighted by atomic mass is 9.45. The van der Waals surface area contributed by atoms with E-state index in [4.69, 9.17) is 11.5 Å². The number of hydrogen-bond donors (Lipinski definition) is 4. The Labute approximate surface area is 139 Å². The number of amides is 2. The zero-order valence-electron chi connectivity index (χ0n) is 13.5. The molecule has 2 aliphatic carbocycles. The van der Waals surface area contributed by atoms with Crippen molar-refractivity contribution in [2.75, 3.05) is 0 Å². The second-order valence-corrected chi connectivity index (χ2v) is 6.93. The molecule has 2 amide bonds. The number of aliphatic carboxylic acids is 2. The maximum absolute atomic E-state index is 12.5. The molecule has 0 radical (unpaired) electrons. The molecule has 3 atom stereocenters. The van der Waals surface area contributed by atoms with Crippen LogP contribution in [0.15, 0.2) is 0 Å². The Morgan fingerprint density at radius 3 is 1.83 bits per heavy atom. The molecule has 0 spiro atoms. The molecular weight excluding hydrogens is 316 g/mol. The van der Waals surface area contributed by atoms with Gasteiger partial charge in [-0.15, -0.1) is 0 Å². The van der Waals surface area contributed by atoms with E-state index in [0.717, 1.165) is 19.3 Å². The summed E-state index contributed by atoms with van der Waals surface area (Å²) in [6, 6.07) is 0. The smallest absolute Gasteiger partial charge is 0.321 e. The van der Waals surface area contributed by atoms with Crippen molar-refractivity contribution in [1.82, 2.24) is 0 Å². The summed E-state index contributed by atoms with van der Waals surface area (Å²) in [7, 11) is 0. The topological polar surface area (TPSA) is 161 Å². The third-order valence-electron chi connectivity index (χ3n) is 6.06. The first kappa shape index (κ1) is 18.2. The molecule has 0 aromatic rings. The van der Waals surface area contributed by atoms with Gasteiger partial charge in [-0.25, -0.2) is 0 Å². The SMILES string of the molecule is NC(=O)C1(C2CCCCC2)CCCC(C(=O)O)C1(C(N)=O)C(=O)O. The van der Waals surface area contributed by atoms with Gasteiger partial charge in [-0.3, -0.25) is 19.2 Å². The number of rotatable bonds is 5. The van der Waals surface area contributed by atoms with Gasteiger partial charge in [-0.05, 0) is 31.6 Å². The summed E-state index contributed by atoms with van der Waals surface area (Å²) in [6.45, 7) is 0. The van der Waals surface area contributed by atoms with E-state index in [2.05, 4.69) is 0 Å². The molecule has 6 N–H and O–H groups in total. The first-order chi connectivity index (χ1) is 11.2. The van der Waals surface area contributed by atoms with Crippen LogP contribution in [-0.4, -0.2) is 34.0 Å². The van der Waals surface area contributed by atoms with E-state index in [1.807, 2.05) is 0 Å². The number of carboxylic acid groups (broad SMARTS) is 2. The van der Waals surface area contributed by atoms with Crippen LogP contribution in [0.3, 0.4) is 0 Å². The molecule has 8 heteroatoms. The number of carboxylic acids is 2. The van der Waals surface area contributed by atoms with Crippen LogP contribution in [0.2, 0.25) is 0 Å². The third kappa shape index (κ3) is 2.27. The van der Waals surface area contributed by atoms with Gasteiger partial charge in [-0.1, -0.05) is 25.7 Å². The van der Waals surface area contributed by atoms with Crippen LogP contribution in [0, 0.1) is 22.7 Å². The van der Waals surface area contributed by atoms with E-state index in [1.165, 1.54) is 0 Å². The maximum atomic E-state index is 12.5. The average molecular weight is 340 g/mol. The van der Waals surface area contributed by atoms with E-state index in [1.54, 1.807) is 0 Å². The molecule has 2 rings (SSSR count). The first-order valence-corrected chi connectivity index (χ1v) is 8.29. The van der Waals surface area contributed by atoms with Crippen molar-refractivity contribution in [3.05, 3.63) is 0 Å². The lowest BCUT2D eigenvalue weighted by Gasteiger charge is -2.54. The van der Waals surface area contributed by atoms with Crippen molar-refractivity contribution in [2.45, 2.75) is 51.4 Å². The molecule has 0 bridgehead atoms. The van der Waals surface area contributed by atoms with Crippen LogP contribution in [0.1, 0.15) is 51.4 Å². The summed E-state index contributed by atoms with van der Waals surface area (Å²) in [4.78, 5) is 48.9. The van der Waals surface area contributed by atoms with Crippen LogP contribution < -0.4 is 11.5 Å². The van der Waals surface area contributed by atoms with Crippen molar-refractivity contribution in [3.8, 4) is 0 Å². The fraction of sp³-hybridized carbons (Fsp3) is 0.750. The van der Waals surface area contributed by atoms with Crippen molar-refractivity contribution >= 4 is 23.8 Å². The minimum Gasteiger partial charge on any atom is -0.481 e. The van der Waals surface area contributed by atoms with Gasteiger partial charge in [0, 0.05) is 0 Å². The molecule has 0 aromatic carbocycles. The lowest BCUT2D eigenvalue weighted by Crippen LogP contribution is -2.69. The molecule has 24 heavy (non-hydrogen) atoms. The minimum absolute atomic E-state index is 0.0215. The van der Waals surface area contributed by atoms with Gasteiger partial charge in [0.25, 0.3) is 0 Å². The van der Waals surface area contributed by atoms with Gasteiger partial charge >= 0.3 is 11.9 Å². The molecule has 0 heterocycles. The summed E-state index contributed by atoms with van der Waals surface area (Å²) in [5.41, 5.74) is 6.84. The Kier molecular flexibility index (Phi) is 4.87. The van der Waals surface area contributed by atoms with Crippen LogP contribution in [0.4, 0.5) is 0 Å². The van der Waals surface area contributed by atoms with Gasteiger partial charge in [-0.2, -0.15) is 0 Å². The fourth-order valence-electron chi connectivity index (χ4n) is 5.10. The first-order valence-electron chi connectivity index (χ1n) is 8.29. The lowest BCUT2D eigenvalue weighted by molar-refractivity contribution is -0.195. The van der Waals surface area contributed by atoms with Crippen LogP contribution in [0.5, 0.6) is 0 Å². The quantitative estimate of drug-likeness (QED) is 0.532. The zero-order chi connectivity index (χ0) is 18.1. The van der Waals surface area contributed by atoms with Gasteiger partial charge in [0.1, 0.15) is 0 Å². The van der Waals surface area contributed by atoms with Gasteiger partial charge in [0.15, 0.2) is 5.41 Å². The highest BCUT2D eigenvalue weighted by atomic mass is 16.4. The van der Waals surface area contributed by atoms with Crippen LogP contribution in [0.25, 0.3) is 0 Å². The zero-order valence-corrected chi connectivity index (χ0v) is 13.5. The summed E-state index contributed by atoms with van der Waals surface area (Å²) in [5.74, 6) is -7.32. The average Bonchev–Trinajstić information content (AvgIpc) is 2.53. The largest absolute Gasteiger partial charge is 0.481 e. The molecule has 2 fully saturated rings. The van der Waals surface area contributed by atoms with Crippen molar-refractivity contribution < 1.29 is 29.4 Å². The standard InChI is InChI=1S/C16H24N2O6/c17-12(21)15(9-5-2-1-3-6-9)8-4-7-10(11(19)20)16(15,13(18)22)14(23)24/h9-10H,1-8H2,(H2,17,21)(H2,18,22)(H,19,20)(H,23,24). The minimum atomic E-state index is -2.51. The third-order valence-corrected chi connectivity index (χ3v) is 6.06. The maximum Gasteiger partial charge on any atom is 0.321 e. The molecule has 134 valence electrons. The summed E-state index contributed by atoms with van der Waals surface area (Å²) in [5, 5.41) is 19.5. The number of primary amides is 2. The second kappa shape index (κ2) is 6.41. The molecule has 0 aliphatic heterocycles. The number of carbonyl (C=O) groups is 4. The predicted octanol–water partition coefficient (Wildman–Crippen LogP) is 0.479. The predicted molar refractivity (Wildman–Crippen MR) is 82.4 cm³/mol. The number of nitrogens with two attached hydrogens (primary N) is 2. The highest BCUT2D eigenvalue weighted by Gasteiger charge is 2.73.